The largest absolute Gasteiger partial charge is 0.338 e. The maximum absolute atomic E-state index is 12.0. The molecule has 2 saturated heterocycles. The number of hydrogen-bond donors (Lipinski definition) is 0. The fourth-order valence-corrected chi connectivity index (χ4v) is 3.19. The number of hydrogen-bond acceptors (Lipinski definition) is 1. The van der Waals surface area contributed by atoms with Crippen molar-refractivity contribution in [3.05, 3.63) is 34.3 Å². The van der Waals surface area contributed by atoms with Crippen LogP contribution < -0.4 is 0 Å². The zero-order valence-electron chi connectivity index (χ0n) is 9.03. The van der Waals surface area contributed by atoms with E-state index >= 15 is 0 Å². The highest BCUT2D eigenvalue weighted by Crippen LogP contribution is 2.40. The molecule has 0 N–H and O–H groups in total. The second-order valence-electron chi connectivity index (χ2n) is 4.88. The number of halogens is 1. The Labute approximate surface area is 104 Å². The van der Waals surface area contributed by atoms with Crippen molar-refractivity contribution >= 4 is 21.8 Å². The summed E-state index contributed by atoms with van der Waals surface area (Å²) < 4.78 is 1.08. The summed E-state index contributed by atoms with van der Waals surface area (Å²) in [5, 5.41) is 0. The summed E-state index contributed by atoms with van der Waals surface area (Å²) in [4.78, 5) is 14.0. The number of benzene rings is 1. The van der Waals surface area contributed by atoms with Gasteiger partial charge in [0.15, 0.2) is 0 Å². The van der Waals surface area contributed by atoms with Gasteiger partial charge in [0.2, 0.25) is 5.91 Å². The summed E-state index contributed by atoms with van der Waals surface area (Å²) in [7, 11) is 0. The van der Waals surface area contributed by atoms with Gasteiger partial charge in [-0.15, -0.1) is 0 Å². The molecule has 0 spiro atoms. The SMILES string of the molecule is O=C1C2CC(C2)CN1Cc1cccc(Br)c1. The Bertz CT molecular complexity index is 426. The van der Waals surface area contributed by atoms with Crippen molar-refractivity contribution in [3.8, 4) is 0 Å². The number of fused-ring (bicyclic) bond motifs is 2. The number of carbonyl (C=O) groups excluding carboxylic acids is 1. The molecule has 0 atom stereocenters. The van der Waals surface area contributed by atoms with Gasteiger partial charge in [-0.05, 0) is 36.5 Å². The smallest absolute Gasteiger partial charge is 0.226 e. The van der Waals surface area contributed by atoms with E-state index in [0.717, 1.165) is 36.3 Å². The summed E-state index contributed by atoms with van der Waals surface area (Å²) in [5.74, 6) is 1.48. The van der Waals surface area contributed by atoms with E-state index in [4.69, 9.17) is 0 Å². The highest BCUT2D eigenvalue weighted by Gasteiger charge is 2.43. The number of amides is 1. The molecule has 2 nitrogen and oxygen atoms in total. The average Bonchev–Trinajstić information content (AvgIpc) is 2.19. The lowest BCUT2D eigenvalue weighted by atomic mass is 9.70. The fourth-order valence-electron chi connectivity index (χ4n) is 2.74. The van der Waals surface area contributed by atoms with Gasteiger partial charge in [-0.2, -0.15) is 0 Å². The van der Waals surface area contributed by atoms with Crippen molar-refractivity contribution in [2.45, 2.75) is 19.4 Å². The third kappa shape index (κ3) is 1.77. The van der Waals surface area contributed by atoms with E-state index in [1.807, 2.05) is 17.0 Å². The Hall–Kier alpha value is -0.830. The van der Waals surface area contributed by atoms with Crippen LogP contribution in [0.3, 0.4) is 0 Å². The zero-order valence-corrected chi connectivity index (χ0v) is 10.6. The number of nitrogens with zero attached hydrogens (tertiary/aromatic N) is 1. The van der Waals surface area contributed by atoms with Gasteiger partial charge in [0.1, 0.15) is 0 Å². The molecule has 1 amide bonds. The van der Waals surface area contributed by atoms with Crippen LogP contribution in [-0.2, 0) is 11.3 Å². The molecule has 2 heterocycles. The monoisotopic (exact) mass is 279 g/mol. The van der Waals surface area contributed by atoms with E-state index in [1.54, 1.807) is 0 Å². The van der Waals surface area contributed by atoms with Crippen LogP contribution in [0.1, 0.15) is 18.4 Å². The van der Waals surface area contributed by atoms with E-state index in [-0.39, 0.29) is 0 Å². The third-order valence-electron chi connectivity index (χ3n) is 3.64. The molecule has 1 aliphatic carbocycles. The molecule has 3 aliphatic rings. The number of carbonyl (C=O) groups is 1. The van der Waals surface area contributed by atoms with Gasteiger partial charge in [0, 0.05) is 23.5 Å². The van der Waals surface area contributed by atoms with Gasteiger partial charge < -0.3 is 4.90 Å². The summed E-state index contributed by atoms with van der Waals surface area (Å²) in [5.41, 5.74) is 1.21. The molecular weight excluding hydrogens is 266 g/mol. The maximum atomic E-state index is 12.0. The molecule has 0 aromatic heterocycles. The Morgan fingerprint density at radius 2 is 2.19 bits per heavy atom. The van der Waals surface area contributed by atoms with Crippen LogP contribution in [0.4, 0.5) is 0 Å². The van der Waals surface area contributed by atoms with Crippen LogP contribution in [0.15, 0.2) is 28.7 Å². The first kappa shape index (κ1) is 10.3. The predicted octanol–water partition coefficient (Wildman–Crippen LogP) is 2.82. The minimum atomic E-state index is 0.339. The molecule has 0 unspecified atom stereocenters. The Balaban J connectivity index is 1.73. The summed E-state index contributed by atoms with van der Waals surface area (Å²) in [6, 6.07) is 8.21. The molecule has 4 rings (SSSR count). The van der Waals surface area contributed by atoms with Gasteiger partial charge in [-0.1, -0.05) is 28.1 Å². The van der Waals surface area contributed by atoms with Crippen LogP contribution >= 0.6 is 15.9 Å². The van der Waals surface area contributed by atoms with Crippen LogP contribution in [0.5, 0.6) is 0 Å². The molecule has 3 fully saturated rings. The predicted molar refractivity (Wildman–Crippen MR) is 65.8 cm³/mol. The molecule has 2 bridgehead atoms. The van der Waals surface area contributed by atoms with E-state index in [9.17, 15) is 4.79 Å². The Morgan fingerprint density at radius 1 is 1.38 bits per heavy atom. The normalized spacial score (nSPS) is 27.8. The second-order valence-corrected chi connectivity index (χ2v) is 5.80. The summed E-state index contributed by atoms with van der Waals surface area (Å²) in [6.07, 6.45) is 2.27. The lowest BCUT2D eigenvalue weighted by Gasteiger charge is -2.46. The first-order valence-electron chi connectivity index (χ1n) is 5.75. The standard InChI is InChI=1S/C13H14BrNO/c14-12-3-1-2-9(6-12)7-15-8-10-4-11(5-10)13(15)16/h1-3,6,10-11H,4-5,7-8H2. The van der Waals surface area contributed by atoms with Crippen LogP contribution in [0.25, 0.3) is 0 Å². The average molecular weight is 280 g/mol. The van der Waals surface area contributed by atoms with Crippen molar-refractivity contribution in [2.75, 3.05) is 6.54 Å². The summed E-state index contributed by atoms with van der Waals surface area (Å²) >= 11 is 3.46. The van der Waals surface area contributed by atoms with Crippen LogP contribution in [0, 0.1) is 11.8 Å². The van der Waals surface area contributed by atoms with Gasteiger partial charge in [-0.3, -0.25) is 4.79 Å². The molecule has 1 aromatic carbocycles. The van der Waals surface area contributed by atoms with Crippen molar-refractivity contribution in [1.82, 2.24) is 4.90 Å². The molecule has 1 saturated carbocycles. The fraction of sp³-hybridized carbons (Fsp3) is 0.462. The van der Waals surface area contributed by atoms with E-state index in [0.29, 0.717) is 11.8 Å². The highest BCUT2D eigenvalue weighted by atomic mass is 79.9. The first-order chi connectivity index (χ1) is 7.72. The van der Waals surface area contributed by atoms with E-state index < -0.39 is 0 Å². The minimum absolute atomic E-state index is 0.339. The summed E-state index contributed by atoms with van der Waals surface area (Å²) in [6.45, 7) is 1.73. The lowest BCUT2D eigenvalue weighted by molar-refractivity contribution is -0.149. The van der Waals surface area contributed by atoms with Crippen molar-refractivity contribution in [3.63, 3.8) is 0 Å². The molecule has 84 valence electrons. The Morgan fingerprint density at radius 3 is 2.88 bits per heavy atom. The number of piperidine rings is 2. The maximum Gasteiger partial charge on any atom is 0.226 e. The van der Waals surface area contributed by atoms with Crippen LogP contribution in [-0.4, -0.2) is 17.4 Å². The quantitative estimate of drug-likeness (QED) is 0.815. The van der Waals surface area contributed by atoms with Crippen molar-refractivity contribution in [1.29, 1.82) is 0 Å². The molecule has 3 heteroatoms. The third-order valence-corrected chi connectivity index (χ3v) is 4.13. The second kappa shape index (κ2) is 3.88. The van der Waals surface area contributed by atoms with Crippen molar-refractivity contribution < 1.29 is 4.79 Å². The van der Waals surface area contributed by atoms with Crippen LogP contribution in [0.2, 0.25) is 0 Å². The van der Waals surface area contributed by atoms with Gasteiger partial charge in [0.05, 0.1) is 0 Å². The van der Waals surface area contributed by atoms with Gasteiger partial charge in [0.25, 0.3) is 0 Å². The Kier molecular flexibility index (Phi) is 2.51. The van der Waals surface area contributed by atoms with Gasteiger partial charge >= 0.3 is 0 Å². The molecule has 16 heavy (non-hydrogen) atoms. The van der Waals surface area contributed by atoms with Gasteiger partial charge in [-0.25, -0.2) is 0 Å². The molecule has 1 aromatic rings. The van der Waals surface area contributed by atoms with E-state index in [2.05, 4.69) is 28.1 Å². The zero-order chi connectivity index (χ0) is 11.1. The lowest BCUT2D eigenvalue weighted by Crippen LogP contribution is -2.52. The molecule has 0 radical (unpaired) electrons. The molecular formula is C13H14BrNO. The molecule has 2 aliphatic heterocycles. The van der Waals surface area contributed by atoms with Crippen molar-refractivity contribution in [2.24, 2.45) is 11.8 Å². The minimum Gasteiger partial charge on any atom is -0.338 e. The highest BCUT2D eigenvalue weighted by molar-refractivity contribution is 9.10. The topological polar surface area (TPSA) is 20.3 Å². The number of rotatable bonds is 2. The van der Waals surface area contributed by atoms with E-state index in [1.165, 1.54) is 5.56 Å². The first-order valence-corrected chi connectivity index (χ1v) is 6.55.